The monoisotopic (exact) mass is 321 g/mol. The molecule has 0 aromatic heterocycles. The number of halogens is 2. The molecule has 0 radical (unpaired) electrons. The fourth-order valence-corrected chi connectivity index (χ4v) is 2.72. The summed E-state index contributed by atoms with van der Waals surface area (Å²) in [5, 5.41) is 10.5. The predicted molar refractivity (Wildman–Crippen MR) is 58.5 cm³/mol. The molecule has 6 heteroatoms. The van der Waals surface area contributed by atoms with Crippen molar-refractivity contribution in [1.29, 1.82) is 0 Å². The maximum absolute atomic E-state index is 11.1. The van der Waals surface area contributed by atoms with Gasteiger partial charge in [0.2, 0.25) is 0 Å². The Morgan fingerprint density at radius 1 is 1.36 bits per heavy atom. The van der Waals surface area contributed by atoms with Crippen molar-refractivity contribution in [3.05, 3.63) is 36.8 Å². The first-order chi connectivity index (χ1) is 6.43. The third-order valence-corrected chi connectivity index (χ3v) is 2.84. The van der Waals surface area contributed by atoms with Crippen LogP contribution in [-0.2, 0) is 0 Å². The van der Waals surface area contributed by atoms with Gasteiger partial charge in [0.15, 0.2) is 5.78 Å². The van der Waals surface area contributed by atoms with E-state index in [1.165, 1.54) is 19.1 Å². The molecule has 0 bridgehead atoms. The number of nitro benzene ring substituents is 1. The predicted octanol–water partition coefficient (Wildman–Crippen LogP) is 3.32. The molecule has 0 aliphatic rings. The van der Waals surface area contributed by atoms with Crippen molar-refractivity contribution in [2.45, 2.75) is 6.92 Å². The van der Waals surface area contributed by atoms with E-state index in [0.29, 0.717) is 14.5 Å². The highest BCUT2D eigenvalue weighted by molar-refractivity contribution is 9.11. The molecule has 4 nitrogen and oxygen atoms in total. The number of nitro groups is 1. The van der Waals surface area contributed by atoms with Gasteiger partial charge in [0.1, 0.15) is 0 Å². The second kappa shape index (κ2) is 4.18. The molecule has 0 saturated heterocycles. The van der Waals surface area contributed by atoms with Crippen LogP contribution < -0.4 is 0 Å². The summed E-state index contributed by atoms with van der Waals surface area (Å²) in [6.45, 7) is 1.40. The summed E-state index contributed by atoms with van der Waals surface area (Å²) in [5.74, 6) is -0.154. The molecule has 1 aromatic rings. The molecule has 0 unspecified atom stereocenters. The van der Waals surface area contributed by atoms with E-state index in [0.717, 1.165) is 0 Å². The van der Waals surface area contributed by atoms with Crippen molar-refractivity contribution in [2.75, 3.05) is 0 Å². The van der Waals surface area contributed by atoms with E-state index in [4.69, 9.17) is 0 Å². The van der Waals surface area contributed by atoms with Gasteiger partial charge in [-0.05, 0) is 38.8 Å². The van der Waals surface area contributed by atoms with Crippen molar-refractivity contribution in [2.24, 2.45) is 0 Å². The van der Waals surface area contributed by atoms with E-state index in [9.17, 15) is 14.9 Å². The zero-order valence-electron chi connectivity index (χ0n) is 7.08. The quantitative estimate of drug-likeness (QED) is 0.476. The smallest absolute Gasteiger partial charge is 0.271 e. The summed E-state index contributed by atoms with van der Waals surface area (Å²) in [6.07, 6.45) is 0. The van der Waals surface area contributed by atoms with Crippen LogP contribution in [0.5, 0.6) is 0 Å². The van der Waals surface area contributed by atoms with Gasteiger partial charge in [-0.15, -0.1) is 0 Å². The molecule has 1 rings (SSSR count). The van der Waals surface area contributed by atoms with Gasteiger partial charge in [-0.25, -0.2) is 0 Å². The summed E-state index contributed by atoms with van der Waals surface area (Å²) >= 11 is 6.22. The van der Waals surface area contributed by atoms with Crippen LogP contribution in [0.2, 0.25) is 0 Å². The van der Waals surface area contributed by atoms with Crippen molar-refractivity contribution in [3.8, 4) is 0 Å². The molecule has 0 atom stereocenters. The molecule has 0 fully saturated rings. The minimum Gasteiger partial charge on any atom is -0.294 e. The van der Waals surface area contributed by atoms with Crippen LogP contribution in [0.25, 0.3) is 0 Å². The summed E-state index contributed by atoms with van der Waals surface area (Å²) in [6, 6.07) is 2.61. The summed E-state index contributed by atoms with van der Waals surface area (Å²) in [7, 11) is 0. The van der Waals surface area contributed by atoms with Crippen LogP contribution in [0, 0.1) is 10.1 Å². The average Bonchev–Trinajstić information content (AvgIpc) is 2.01. The lowest BCUT2D eigenvalue weighted by Gasteiger charge is -2.02. The molecular weight excluding hydrogens is 318 g/mol. The molecule has 0 saturated carbocycles. The Labute approximate surface area is 96.7 Å². The Hall–Kier alpha value is -0.750. The molecule has 0 N–H and O–H groups in total. The number of ketones is 1. The number of benzene rings is 1. The minimum absolute atomic E-state index is 0.0613. The minimum atomic E-state index is -0.514. The largest absolute Gasteiger partial charge is 0.294 e. The zero-order chi connectivity index (χ0) is 10.9. The fourth-order valence-electron chi connectivity index (χ4n) is 1.00. The van der Waals surface area contributed by atoms with Crippen LogP contribution in [0.3, 0.4) is 0 Å². The molecule has 1 aromatic carbocycles. The maximum Gasteiger partial charge on any atom is 0.271 e. The number of carbonyl (C=O) groups excluding carboxylic acids is 1. The van der Waals surface area contributed by atoms with Gasteiger partial charge >= 0.3 is 0 Å². The first kappa shape index (κ1) is 11.3. The van der Waals surface area contributed by atoms with Crippen molar-refractivity contribution >= 4 is 43.3 Å². The van der Waals surface area contributed by atoms with Gasteiger partial charge in [0.25, 0.3) is 5.69 Å². The summed E-state index contributed by atoms with van der Waals surface area (Å²) in [4.78, 5) is 21.1. The van der Waals surface area contributed by atoms with Gasteiger partial charge in [0.05, 0.1) is 4.92 Å². The Morgan fingerprint density at radius 3 is 2.07 bits per heavy atom. The van der Waals surface area contributed by atoms with Crippen LogP contribution in [-0.4, -0.2) is 10.7 Å². The molecule has 0 amide bonds. The highest BCUT2D eigenvalue weighted by Gasteiger charge is 2.16. The van der Waals surface area contributed by atoms with Gasteiger partial charge in [0, 0.05) is 26.6 Å². The van der Waals surface area contributed by atoms with Crippen LogP contribution in [0.15, 0.2) is 21.1 Å². The van der Waals surface area contributed by atoms with Crippen LogP contribution in [0.4, 0.5) is 5.69 Å². The van der Waals surface area contributed by atoms with E-state index in [-0.39, 0.29) is 11.5 Å². The van der Waals surface area contributed by atoms with Crippen molar-refractivity contribution in [3.63, 3.8) is 0 Å². The molecular formula is C8H5Br2NO3. The first-order valence-electron chi connectivity index (χ1n) is 3.58. The SMILES string of the molecule is CC(=O)c1c(Br)cc([N+](=O)[O-])cc1Br. The molecule has 0 heterocycles. The van der Waals surface area contributed by atoms with Crippen LogP contribution in [0.1, 0.15) is 17.3 Å². The number of nitrogens with zero attached hydrogens (tertiary/aromatic N) is 1. The molecule has 0 aliphatic carbocycles. The number of hydrogen-bond donors (Lipinski definition) is 0. The van der Waals surface area contributed by atoms with Gasteiger partial charge in [-0.1, -0.05) is 0 Å². The topological polar surface area (TPSA) is 60.2 Å². The summed E-state index contributed by atoms with van der Waals surface area (Å²) in [5.41, 5.74) is 0.351. The number of hydrogen-bond acceptors (Lipinski definition) is 3. The van der Waals surface area contributed by atoms with Gasteiger partial charge < -0.3 is 0 Å². The normalized spacial score (nSPS) is 9.93. The van der Waals surface area contributed by atoms with E-state index in [1.807, 2.05) is 0 Å². The highest BCUT2D eigenvalue weighted by Crippen LogP contribution is 2.30. The highest BCUT2D eigenvalue weighted by atomic mass is 79.9. The number of Topliss-reactive ketones (excluding diaryl/α,β-unsaturated/α-hetero) is 1. The fraction of sp³-hybridized carbons (Fsp3) is 0.125. The van der Waals surface area contributed by atoms with Gasteiger partial charge in [-0.3, -0.25) is 14.9 Å². The lowest BCUT2D eigenvalue weighted by atomic mass is 10.1. The Morgan fingerprint density at radius 2 is 1.79 bits per heavy atom. The number of carbonyl (C=O) groups is 1. The molecule has 0 spiro atoms. The van der Waals surface area contributed by atoms with E-state index >= 15 is 0 Å². The Bertz CT molecular complexity index is 394. The third kappa shape index (κ3) is 2.19. The van der Waals surface area contributed by atoms with Crippen LogP contribution >= 0.6 is 31.9 Å². The average molecular weight is 323 g/mol. The first-order valence-corrected chi connectivity index (χ1v) is 5.16. The Kier molecular flexibility index (Phi) is 3.38. The lowest BCUT2D eigenvalue weighted by Crippen LogP contribution is -1.97. The molecule has 74 valence electrons. The second-order valence-electron chi connectivity index (χ2n) is 2.60. The number of rotatable bonds is 2. The zero-order valence-corrected chi connectivity index (χ0v) is 10.3. The molecule has 14 heavy (non-hydrogen) atoms. The maximum atomic E-state index is 11.1. The van der Waals surface area contributed by atoms with Crippen molar-refractivity contribution in [1.82, 2.24) is 0 Å². The number of non-ortho nitro benzene ring substituents is 1. The molecule has 0 aliphatic heterocycles. The summed E-state index contributed by atoms with van der Waals surface area (Å²) < 4.78 is 0.845. The third-order valence-electron chi connectivity index (χ3n) is 1.59. The standard InChI is InChI=1S/C8H5Br2NO3/c1-4(12)8-6(9)2-5(11(13)14)3-7(8)10/h2-3H,1H3. The Balaban J connectivity index is 3.39. The van der Waals surface area contributed by atoms with E-state index < -0.39 is 4.92 Å². The van der Waals surface area contributed by atoms with Crippen molar-refractivity contribution < 1.29 is 9.72 Å². The van der Waals surface area contributed by atoms with E-state index in [2.05, 4.69) is 31.9 Å². The van der Waals surface area contributed by atoms with E-state index in [1.54, 1.807) is 0 Å². The lowest BCUT2D eigenvalue weighted by molar-refractivity contribution is -0.385. The second-order valence-corrected chi connectivity index (χ2v) is 4.31. The van der Waals surface area contributed by atoms with Gasteiger partial charge in [-0.2, -0.15) is 0 Å².